The number of fused-ring (bicyclic) bond motifs is 3. The molecule has 0 spiro atoms. The molecular formula is C24H16N2O2. The first-order chi connectivity index (χ1) is 13.7. The molecule has 0 aliphatic rings. The molecule has 0 bridgehead atoms. The van der Waals surface area contributed by atoms with Gasteiger partial charge in [-0.25, -0.2) is 0 Å². The minimum absolute atomic E-state index is 0.147. The predicted molar refractivity (Wildman–Crippen MR) is 111 cm³/mol. The van der Waals surface area contributed by atoms with Crippen molar-refractivity contribution in [1.29, 1.82) is 0 Å². The van der Waals surface area contributed by atoms with Gasteiger partial charge in [0, 0.05) is 23.2 Å². The lowest BCUT2D eigenvalue weighted by atomic mass is 9.91. The van der Waals surface area contributed by atoms with Gasteiger partial charge in [0.25, 0.3) is 0 Å². The largest absolute Gasteiger partial charge is 0.507 e. The molecule has 0 amide bonds. The highest BCUT2D eigenvalue weighted by atomic mass is 16.3. The molecule has 0 fully saturated rings. The van der Waals surface area contributed by atoms with E-state index in [1.165, 1.54) is 0 Å². The predicted octanol–water partition coefficient (Wildman–Crippen LogP) is 5.53. The van der Waals surface area contributed by atoms with Crippen LogP contribution in [0.15, 0.2) is 85.2 Å². The van der Waals surface area contributed by atoms with Crippen LogP contribution in [-0.4, -0.2) is 20.2 Å². The average Bonchev–Trinajstić information content (AvgIpc) is 2.74. The molecule has 2 aromatic heterocycles. The third kappa shape index (κ3) is 2.47. The molecule has 0 radical (unpaired) electrons. The number of phenolic OH excluding ortho intramolecular Hbond substituents is 2. The Morgan fingerprint density at radius 3 is 1.32 bits per heavy atom. The number of benzene rings is 3. The van der Waals surface area contributed by atoms with Gasteiger partial charge in [-0.2, -0.15) is 0 Å². The van der Waals surface area contributed by atoms with Gasteiger partial charge in [0.1, 0.15) is 11.5 Å². The molecule has 0 aliphatic heterocycles. The summed E-state index contributed by atoms with van der Waals surface area (Å²) in [6.07, 6.45) is 3.41. The number of phenols is 2. The molecule has 0 saturated heterocycles. The van der Waals surface area contributed by atoms with E-state index in [0.29, 0.717) is 22.5 Å². The van der Waals surface area contributed by atoms with Crippen LogP contribution in [0.5, 0.6) is 11.5 Å². The van der Waals surface area contributed by atoms with E-state index in [1.807, 2.05) is 60.7 Å². The molecule has 2 N–H and O–H groups in total. The summed E-state index contributed by atoms with van der Waals surface area (Å²) in [5.74, 6) is 0.294. The van der Waals surface area contributed by atoms with E-state index in [-0.39, 0.29) is 11.5 Å². The Morgan fingerprint density at radius 1 is 0.500 bits per heavy atom. The van der Waals surface area contributed by atoms with E-state index in [2.05, 4.69) is 9.97 Å². The van der Waals surface area contributed by atoms with Crippen LogP contribution < -0.4 is 0 Å². The number of hydrogen-bond donors (Lipinski definition) is 2. The normalized spacial score (nSPS) is 11.1. The van der Waals surface area contributed by atoms with Crippen LogP contribution in [0.3, 0.4) is 0 Å². The minimum Gasteiger partial charge on any atom is -0.507 e. The van der Waals surface area contributed by atoms with E-state index < -0.39 is 0 Å². The van der Waals surface area contributed by atoms with Crippen molar-refractivity contribution < 1.29 is 10.2 Å². The zero-order valence-electron chi connectivity index (χ0n) is 14.9. The van der Waals surface area contributed by atoms with E-state index in [9.17, 15) is 10.2 Å². The Balaban J connectivity index is 2.03. The summed E-state index contributed by atoms with van der Waals surface area (Å²) in [4.78, 5) is 8.91. The summed E-state index contributed by atoms with van der Waals surface area (Å²) in [6, 6.07) is 22.4. The lowest BCUT2D eigenvalue weighted by Crippen LogP contribution is -1.91. The Morgan fingerprint density at radius 2 is 0.929 bits per heavy atom. The SMILES string of the molecule is Oc1ccc2ccc3ccc(O)c(-c4ccccn4)c3c2c1-c1ccccn1. The first kappa shape index (κ1) is 16.3. The van der Waals surface area contributed by atoms with Crippen LogP contribution in [0.4, 0.5) is 0 Å². The second-order valence-electron chi connectivity index (χ2n) is 6.61. The molecule has 2 heterocycles. The van der Waals surface area contributed by atoms with Crippen molar-refractivity contribution in [1.82, 2.24) is 9.97 Å². The van der Waals surface area contributed by atoms with Crippen LogP contribution in [0.1, 0.15) is 0 Å². The molecule has 134 valence electrons. The third-order valence-corrected chi connectivity index (χ3v) is 4.97. The fraction of sp³-hybridized carbons (Fsp3) is 0. The van der Waals surface area contributed by atoms with Crippen molar-refractivity contribution in [3.63, 3.8) is 0 Å². The lowest BCUT2D eigenvalue weighted by molar-refractivity contribution is 0.477. The first-order valence-electron chi connectivity index (χ1n) is 8.97. The summed E-state index contributed by atoms with van der Waals surface area (Å²) in [6.45, 7) is 0. The molecule has 4 nitrogen and oxygen atoms in total. The average molecular weight is 364 g/mol. The van der Waals surface area contributed by atoms with E-state index >= 15 is 0 Å². The van der Waals surface area contributed by atoms with Crippen molar-refractivity contribution in [2.45, 2.75) is 0 Å². The molecule has 5 rings (SSSR count). The van der Waals surface area contributed by atoms with E-state index in [1.54, 1.807) is 24.5 Å². The van der Waals surface area contributed by atoms with Crippen LogP contribution in [0.2, 0.25) is 0 Å². The summed E-state index contributed by atoms with van der Waals surface area (Å²) >= 11 is 0. The maximum Gasteiger partial charge on any atom is 0.125 e. The Bertz CT molecular complexity index is 1210. The van der Waals surface area contributed by atoms with Gasteiger partial charge in [-0.1, -0.05) is 36.4 Å². The number of pyridine rings is 2. The number of rotatable bonds is 2. The fourth-order valence-electron chi connectivity index (χ4n) is 3.75. The summed E-state index contributed by atoms with van der Waals surface area (Å²) in [5.41, 5.74) is 2.64. The van der Waals surface area contributed by atoms with Crippen LogP contribution in [-0.2, 0) is 0 Å². The van der Waals surface area contributed by atoms with Gasteiger partial charge in [-0.15, -0.1) is 0 Å². The number of hydrogen-bond acceptors (Lipinski definition) is 4. The van der Waals surface area contributed by atoms with Gasteiger partial charge >= 0.3 is 0 Å². The van der Waals surface area contributed by atoms with E-state index in [4.69, 9.17) is 0 Å². The monoisotopic (exact) mass is 364 g/mol. The molecular weight excluding hydrogens is 348 g/mol. The summed E-state index contributed by atoms with van der Waals surface area (Å²) in [7, 11) is 0. The third-order valence-electron chi connectivity index (χ3n) is 4.97. The maximum atomic E-state index is 10.7. The van der Waals surface area contributed by atoms with E-state index in [0.717, 1.165) is 21.5 Å². The van der Waals surface area contributed by atoms with Crippen molar-refractivity contribution >= 4 is 21.5 Å². The second kappa shape index (κ2) is 6.35. The molecule has 0 saturated carbocycles. The molecule has 5 aromatic rings. The molecule has 0 aliphatic carbocycles. The van der Waals surface area contributed by atoms with Crippen molar-refractivity contribution in [2.75, 3.05) is 0 Å². The topological polar surface area (TPSA) is 66.2 Å². The maximum absolute atomic E-state index is 10.7. The molecule has 0 unspecified atom stereocenters. The summed E-state index contributed by atoms with van der Waals surface area (Å²) in [5, 5.41) is 25.1. The zero-order valence-corrected chi connectivity index (χ0v) is 14.9. The highest BCUT2D eigenvalue weighted by molar-refractivity contribution is 6.20. The van der Waals surface area contributed by atoms with Gasteiger partial charge < -0.3 is 10.2 Å². The van der Waals surface area contributed by atoms with Gasteiger partial charge in [0.05, 0.1) is 22.5 Å². The van der Waals surface area contributed by atoms with Crippen molar-refractivity contribution in [3.05, 3.63) is 85.2 Å². The van der Waals surface area contributed by atoms with Crippen LogP contribution in [0, 0.1) is 0 Å². The highest BCUT2D eigenvalue weighted by Gasteiger charge is 2.18. The van der Waals surface area contributed by atoms with Gasteiger partial charge in [0.15, 0.2) is 0 Å². The quantitative estimate of drug-likeness (QED) is 0.404. The highest BCUT2D eigenvalue weighted by Crippen LogP contribution is 2.44. The number of aromatic nitrogens is 2. The van der Waals surface area contributed by atoms with Crippen LogP contribution >= 0.6 is 0 Å². The Labute approximate surface area is 161 Å². The van der Waals surface area contributed by atoms with Gasteiger partial charge in [0.2, 0.25) is 0 Å². The standard InChI is InChI=1S/C24H16N2O2/c27-19-11-9-15-7-8-16-10-12-20(28)24(18-6-2-4-14-26-18)22(16)21(15)23(19)17-5-1-3-13-25-17/h1-14,27-28H. The summed E-state index contributed by atoms with van der Waals surface area (Å²) < 4.78 is 0. The molecule has 0 atom stereocenters. The molecule has 4 heteroatoms. The zero-order chi connectivity index (χ0) is 19.1. The second-order valence-corrected chi connectivity index (χ2v) is 6.61. The van der Waals surface area contributed by atoms with Gasteiger partial charge in [-0.3, -0.25) is 9.97 Å². The first-order valence-corrected chi connectivity index (χ1v) is 8.97. The Hall–Kier alpha value is -3.92. The van der Waals surface area contributed by atoms with Crippen molar-refractivity contribution in [3.8, 4) is 34.0 Å². The lowest BCUT2D eigenvalue weighted by Gasteiger charge is -2.15. The molecule has 28 heavy (non-hydrogen) atoms. The number of aromatic hydroxyl groups is 2. The van der Waals surface area contributed by atoms with Crippen LogP contribution in [0.25, 0.3) is 44.1 Å². The van der Waals surface area contributed by atoms with Gasteiger partial charge in [-0.05, 0) is 47.2 Å². The minimum atomic E-state index is 0.147. The number of nitrogens with zero attached hydrogens (tertiary/aromatic N) is 2. The smallest absolute Gasteiger partial charge is 0.125 e. The Kier molecular flexibility index (Phi) is 3.69. The van der Waals surface area contributed by atoms with Crippen molar-refractivity contribution in [2.24, 2.45) is 0 Å². The molecule has 3 aromatic carbocycles. The fourth-order valence-corrected chi connectivity index (χ4v) is 3.75.